The van der Waals surface area contributed by atoms with Crippen LogP contribution in [-0.4, -0.2) is 45.5 Å². The van der Waals surface area contributed by atoms with Crippen LogP contribution < -0.4 is 5.32 Å². The predicted octanol–water partition coefficient (Wildman–Crippen LogP) is 2.76. The van der Waals surface area contributed by atoms with E-state index in [2.05, 4.69) is 10.4 Å². The Labute approximate surface area is 134 Å². The summed E-state index contributed by atoms with van der Waals surface area (Å²) in [6, 6.07) is 6.80. The molecule has 118 valence electrons. The maximum atomic E-state index is 12.0. The second kappa shape index (κ2) is 7.29. The fourth-order valence-corrected chi connectivity index (χ4v) is 2.15. The van der Waals surface area contributed by atoms with E-state index >= 15 is 0 Å². The number of nitrogens with one attached hydrogen (secondary N) is 1. The number of halogens is 1. The van der Waals surface area contributed by atoms with E-state index in [9.17, 15) is 9.90 Å². The Bertz CT molecular complexity index is 628. The lowest BCUT2D eigenvalue weighted by atomic mass is 10.2. The number of anilines is 1. The van der Waals surface area contributed by atoms with Crippen LogP contribution in [0.15, 0.2) is 36.7 Å². The van der Waals surface area contributed by atoms with Gasteiger partial charge in [0.15, 0.2) is 0 Å². The van der Waals surface area contributed by atoms with Gasteiger partial charge in [0.05, 0.1) is 16.8 Å². The summed E-state index contributed by atoms with van der Waals surface area (Å²) >= 11 is 6.23. The van der Waals surface area contributed by atoms with Crippen molar-refractivity contribution in [3.05, 3.63) is 41.7 Å². The van der Waals surface area contributed by atoms with Gasteiger partial charge in [0, 0.05) is 31.7 Å². The minimum absolute atomic E-state index is 0.247. The van der Waals surface area contributed by atoms with Crippen molar-refractivity contribution in [1.82, 2.24) is 14.7 Å². The van der Waals surface area contributed by atoms with Crippen LogP contribution in [0.1, 0.15) is 13.3 Å². The Morgan fingerprint density at radius 1 is 1.55 bits per heavy atom. The van der Waals surface area contributed by atoms with E-state index in [1.165, 1.54) is 4.90 Å². The molecule has 0 aliphatic heterocycles. The molecule has 2 rings (SSSR count). The summed E-state index contributed by atoms with van der Waals surface area (Å²) in [5.41, 5.74) is 1.35. The van der Waals surface area contributed by atoms with E-state index in [-0.39, 0.29) is 6.03 Å². The maximum Gasteiger partial charge on any atom is 0.321 e. The molecule has 22 heavy (non-hydrogen) atoms. The van der Waals surface area contributed by atoms with E-state index in [4.69, 9.17) is 11.6 Å². The second-order valence-corrected chi connectivity index (χ2v) is 5.51. The summed E-state index contributed by atoms with van der Waals surface area (Å²) in [4.78, 5) is 13.5. The highest BCUT2D eigenvalue weighted by Crippen LogP contribution is 2.24. The van der Waals surface area contributed by atoms with Crippen LogP contribution in [0.25, 0.3) is 5.69 Å². The standard InChI is InChI=1S/C15H19ClN4O2/c1-11(21)6-9-19(2)15(22)18-12-4-5-14(13(16)10-12)20-8-3-7-17-20/h3-5,7-8,10-11,21H,6,9H2,1-2H3,(H,18,22). The SMILES string of the molecule is CC(O)CCN(C)C(=O)Nc1ccc(-n2cccn2)c(Cl)c1. The molecular weight excluding hydrogens is 304 g/mol. The monoisotopic (exact) mass is 322 g/mol. The average molecular weight is 323 g/mol. The number of nitrogens with zero attached hydrogens (tertiary/aromatic N) is 3. The quantitative estimate of drug-likeness (QED) is 0.889. The Kier molecular flexibility index (Phi) is 5.41. The van der Waals surface area contributed by atoms with Crippen LogP contribution >= 0.6 is 11.6 Å². The number of rotatable bonds is 5. The van der Waals surface area contributed by atoms with Crippen LogP contribution in [0.5, 0.6) is 0 Å². The van der Waals surface area contributed by atoms with Gasteiger partial charge in [0.2, 0.25) is 0 Å². The number of hydrogen-bond donors (Lipinski definition) is 2. The van der Waals surface area contributed by atoms with Gasteiger partial charge in [-0.05, 0) is 37.6 Å². The highest BCUT2D eigenvalue weighted by molar-refractivity contribution is 6.32. The molecule has 7 heteroatoms. The minimum Gasteiger partial charge on any atom is -0.393 e. The molecule has 2 aromatic rings. The molecule has 0 aliphatic carbocycles. The lowest BCUT2D eigenvalue weighted by Crippen LogP contribution is -2.33. The van der Waals surface area contributed by atoms with Crippen molar-refractivity contribution in [2.75, 3.05) is 18.9 Å². The molecule has 1 unspecified atom stereocenters. The third-order valence-electron chi connectivity index (χ3n) is 3.18. The van der Waals surface area contributed by atoms with Gasteiger partial charge in [0.1, 0.15) is 0 Å². The summed E-state index contributed by atoms with van der Waals surface area (Å²) in [6.07, 6.45) is 3.56. The van der Waals surface area contributed by atoms with Crippen molar-refractivity contribution in [3.8, 4) is 5.69 Å². The van der Waals surface area contributed by atoms with E-state index in [1.807, 2.05) is 6.07 Å². The summed E-state index contributed by atoms with van der Waals surface area (Å²) in [5, 5.41) is 16.6. The molecule has 0 radical (unpaired) electrons. The maximum absolute atomic E-state index is 12.0. The molecule has 1 aromatic carbocycles. The van der Waals surface area contributed by atoms with Crippen molar-refractivity contribution >= 4 is 23.3 Å². The summed E-state index contributed by atoms with van der Waals surface area (Å²) in [5.74, 6) is 0. The molecule has 0 spiro atoms. The first-order valence-electron chi connectivity index (χ1n) is 6.97. The molecule has 6 nitrogen and oxygen atoms in total. The largest absolute Gasteiger partial charge is 0.393 e. The fraction of sp³-hybridized carbons (Fsp3) is 0.333. The first-order chi connectivity index (χ1) is 10.5. The molecule has 1 heterocycles. The summed E-state index contributed by atoms with van der Waals surface area (Å²) in [7, 11) is 1.68. The Hall–Kier alpha value is -2.05. The number of urea groups is 1. The number of carbonyl (C=O) groups is 1. The van der Waals surface area contributed by atoms with Crippen molar-refractivity contribution in [2.24, 2.45) is 0 Å². The minimum atomic E-state index is -0.432. The van der Waals surface area contributed by atoms with Crippen LogP contribution in [0.2, 0.25) is 5.02 Å². The smallest absolute Gasteiger partial charge is 0.321 e. The molecule has 2 N–H and O–H groups in total. The zero-order valence-electron chi connectivity index (χ0n) is 12.5. The molecule has 1 atom stereocenters. The number of hydrogen-bond acceptors (Lipinski definition) is 3. The first-order valence-corrected chi connectivity index (χ1v) is 7.35. The van der Waals surface area contributed by atoms with Gasteiger partial charge in [-0.2, -0.15) is 5.10 Å². The van der Waals surface area contributed by atoms with Gasteiger partial charge >= 0.3 is 6.03 Å². The van der Waals surface area contributed by atoms with Crippen LogP contribution in [0, 0.1) is 0 Å². The normalized spacial score (nSPS) is 12.0. The van der Waals surface area contributed by atoms with Gasteiger partial charge in [-0.3, -0.25) is 0 Å². The van der Waals surface area contributed by atoms with E-state index in [0.29, 0.717) is 23.7 Å². The molecule has 0 saturated carbocycles. The Morgan fingerprint density at radius 3 is 2.91 bits per heavy atom. The lowest BCUT2D eigenvalue weighted by Gasteiger charge is -2.19. The van der Waals surface area contributed by atoms with Gasteiger partial charge in [-0.25, -0.2) is 9.48 Å². The van der Waals surface area contributed by atoms with E-state index in [0.717, 1.165) is 5.69 Å². The zero-order valence-corrected chi connectivity index (χ0v) is 13.3. The topological polar surface area (TPSA) is 70.4 Å². The van der Waals surface area contributed by atoms with Crippen LogP contribution in [0.3, 0.4) is 0 Å². The number of carbonyl (C=O) groups excluding carboxylic acids is 1. The number of amides is 2. The second-order valence-electron chi connectivity index (χ2n) is 5.11. The first kappa shape index (κ1) is 16.3. The molecule has 2 amide bonds. The number of aliphatic hydroxyl groups is 1. The highest BCUT2D eigenvalue weighted by atomic mass is 35.5. The number of aliphatic hydroxyl groups excluding tert-OH is 1. The predicted molar refractivity (Wildman–Crippen MR) is 86.5 cm³/mol. The molecule has 0 bridgehead atoms. The van der Waals surface area contributed by atoms with Crippen molar-refractivity contribution in [1.29, 1.82) is 0 Å². The third-order valence-corrected chi connectivity index (χ3v) is 3.48. The van der Waals surface area contributed by atoms with Crippen LogP contribution in [-0.2, 0) is 0 Å². The number of aromatic nitrogens is 2. The average Bonchev–Trinajstić information content (AvgIpc) is 2.98. The molecule has 0 fully saturated rings. The van der Waals surface area contributed by atoms with Crippen molar-refractivity contribution < 1.29 is 9.90 Å². The van der Waals surface area contributed by atoms with E-state index in [1.54, 1.807) is 49.2 Å². The van der Waals surface area contributed by atoms with E-state index < -0.39 is 6.10 Å². The van der Waals surface area contributed by atoms with Gasteiger partial charge in [-0.1, -0.05) is 11.6 Å². The van der Waals surface area contributed by atoms with Crippen molar-refractivity contribution in [2.45, 2.75) is 19.4 Å². The van der Waals surface area contributed by atoms with Crippen LogP contribution in [0.4, 0.5) is 10.5 Å². The molecular formula is C15H19ClN4O2. The third kappa shape index (κ3) is 4.22. The van der Waals surface area contributed by atoms with Gasteiger partial charge in [0.25, 0.3) is 0 Å². The number of benzene rings is 1. The lowest BCUT2D eigenvalue weighted by molar-refractivity contribution is 0.167. The van der Waals surface area contributed by atoms with Gasteiger partial charge in [-0.15, -0.1) is 0 Å². The Balaban J connectivity index is 2.01. The summed E-state index contributed by atoms with van der Waals surface area (Å²) < 4.78 is 1.66. The highest BCUT2D eigenvalue weighted by Gasteiger charge is 2.11. The molecule has 0 saturated heterocycles. The Morgan fingerprint density at radius 2 is 2.32 bits per heavy atom. The summed E-state index contributed by atoms with van der Waals surface area (Å²) in [6.45, 7) is 2.17. The molecule has 1 aromatic heterocycles. The van der Waals surface area contributed by atoms with Gasteiger partial charge < -0.3 is 15.3 Å². The zero-order chi connectivity index (χ0) is 16.1. The van der Waals surface area contributed by atoms with Crippen molar-refractivity contribution in [3.63, 3.8) is 0 Å². The molecule has 0 aliphatic rings. The fourth-order valence-electron chi connectivity index (χ4n) is 1.88.